The minimum Gasteiger partial charge on any atom is -0.242 e. The first-order valence-corrected chi connectivity index (χ1v) is 3.21. The lowest BCUT2D eigenvalue weighted by Crippen LogP contribution is -2.09. The van der Waals surface area contributed by atoms with Crippen LogP contribution in [-0.4, -0.2) is 6.17 Å². The fraction of sp³-hybridized carbons (Fsp3) is 0.500. The third-order valence-electron chi connectivity index (χ3n) is 1.57. The monoisotopic (exact) mass is 126 g/mol. The third-order valence-corrected chi connectivity index (χ3v) is 1.57. The van der Waals surface area contributed by atoms with Crippen LogP contribution in [0.5, 0.6) is 0 Å². The van der Waals surface area contributed by atoms with E-state index in [0.29, 0.717) is 0 Å². The number of rotatable bonds is 0. The number of allylic oxidation sites excluding steroid dienone is 4. The molecule has 0 aromatic heterocycles. The molecule has 0 aromatic rings. The molecule has 50 valence electrons. The second-order valence-electron chi connectivity index (χ2n) is 2.57. The second kappa shape index (κ2) is 2.34. The van der Waals surface area contributed by atoms with Crippen molar-refractivity contribution >= 4 is 0 Å². The van der Waals surface area contributed by atoms with Gasteiger partial charge in [0.2, 0.25) is 0 Å². The van der Waals surface area contributed by atoms with Crippen molar-refractivity contribution in [3.8, 4) is 0 Å². The highest BCUT2D eigenvalue weighted by Crippen LogP contribution is 2.18. The smallest absolute Gasteiger partial charge is 0.125 e. The predicted molar refractivity (Wildman–Crippen MR) is 37.0 cm³/mol. The Morgan fingerprint density at radius 1 is 1.56 bits per heavy atom. The molecule has 0 saturated carbocycles. The van der Waals surface area contributed by atoms with Gasteiger partial charge in [-0.2, -0.15) is 0 Å². The molecule has 1 aliphatic carbocycles. The Morgan fingerprint density at radius 3 is 2.67 bits per heavy atom. The summed E-state index contributed by atoms with van der Waals surface area (Å²) in [4.78, 5) is 0. The van der Waals surface area contributed by atoms with E-state index in [4.69, 9.17) is 0 Å². The number of hydrogen-bond donors (Lipinski definition) is 0. The maximum atomic E-state index is 12.6. The number of alkyl halides is 1. The quantitative estimate of drug-likeness (QED) is 0.467. The van der Waals surface area contributed by atoms with E-state index in [9.17, 15) is 4.39 Å². The zero-order valence-corrected chi connectivity index (χ0v) is 5.76. The van der Waals surface area contributed by atoms with Gasteiger partial charge >= 0.3 is 0 Å². The van der Waals surface area contributed by atoms with Crippen LogP contribution in [0.4, 0.5) is 4.39 Å². The number of halogens is 1. The fourth-order valence-electron chi connectivity index (χ4n) is 0.981. The van der Waals surface area contributed by atoms with Crippen molar-refractivity contribution in [2.24, 2.45) is 5.92 Å². The topological polar surface area (TPSA) is 0 Å². The average molecular weight is 126 g/mol. The fourth-order valence-corrected chi connectivity index (χ4v) is 0.981. The van der Waals surface area contributed by atoms with Crippen molar-refractivity contribution in [3.05, 3.63) is 23.8 Å². The molecule has 1 rings (SSSR count). The molecule has 9 heavy (non-hydrogen) atoms. The first kappa shape index (κ1) is 6.53. The van der Waals surface area contributed by atoms with Gasteiger partial charge < -0.3 is 0 Å². The molecule has 0 nitrogen and oxygen atoms in total. The summed E-state index contributed by atoms with van der Waals surface area (Å²) in [5.74, 6) is 0.0648. The Bertz CT molecular complexity index is 156. The van der Waals surface area contributed by atoms with Gasteiger partial charge in [0, 0.05) is 5.92 Å². The van der Waals surface area contributed by atoms with E-state index in [1.54, 1.807) is 6.08 Å². The van der Waals surface area contributed by atoms with Crippen LogP contribution in [0.15, 0.2) is 23.8 Å². The average Bonchev–Trinajstić information content (AvgIpc) is 1.80. The highest BCUT2D eigenvalue weighted by Gasteiger charge is 2.12. The first-order chi connectivity index (χ1) is 4.20. The zero-order valence-electron chi connectivity index (χ0n) is 5.76. The van der Waals surface area contributed by atoms with Gasteiger partial charge in [-0.15, -0.1) is 0 Å². The summed E-state index contributed by atoms with van der Waals surface area (Å²) in [6, 6.07) is 0. The molecule has 0 heterocycles. The van der Waals surface area contributed by atoms with Crippen molar-refractivity contribution in [1.82, 2.24) is 0 Å². The summed E-state index contributed by atoms with van der Waals surface area (Å²) in [6.07, 6.45) is 4.61. The molecule has 0 spiro atoms. The van der Waals surface area contributed by atoms with Crippen LogP contribution in [0.3, 0.4) is 0 Å². The molecule has 0 aromatic carbocycles. The van der Waals surface area contributed by atoms with Crippen molar-refractivity contribution in [3.63, 3.8) is 0 Å². The first-order valence-electron chi connectivity index (χ1n) is 3.21. The summed E-state index contributed by atoms with van der Waals surface area (Å²) < 4.78 is 12.6. The Balaban J connectivity index is 2.70. The van der Waals surface area contributed by atoms with E-state index in [-0.39, 0.29) is 5.92 Å². The van der Waals surface area contributed by atoms with Crippen molar-refractivity contribution in [1.29, 1.82) is 0 Å². The summed E-state index contributed by atoms with van der Waals surface area (Å²) in [6.45, 7) is 3.87. The van der Waals surface area contributed by atoms with Gasteiger partial charge in [0.25, 0.3) is 0 Å². The summed E-state index contributed by atoms with van der Waals surface area (Å²) in [5.41, 5.74) is 1.16. The molecule has 0 fully saturated rings. The minimum absolute atomic E-state index is 0.0648. The van der Waals surface area contributed by atoms with E-state index >= 15 is 0 Å². The van der Waals surface area contributed by atoms with Crippen LogP contribution in [0.25, 0.3) is 0 Å². The van der Waals surface area contributed by atoms with Gasteiger partial charge in [0.05, 0.1) is 0 Å². The Hall–Kier alpha value is -0.590. The van der Waals surface area contributed by atoms with Crippen LogP contribution in [0.2, 0.25) is 0 Å². The van der Waals surface area contributed by atoms with Gasteiger partial charge in [0.15, 0.2) is 0 Å². The SMILES string of the molecule is CC1=C[C@H](C)C(F)C=C1. The molecule has 1 unspecified atom stereocenters. The van der Waals surface area contributed by atoms with E-state index in [1.165, 1.54) is 0 Å². The normalized spacial score (nSPS) is 34.3. The van der Waals surface area contributed by atoms with Crippen LogP contribution >= 0.6 is 0 Å². The molecular weight excluding hydrogens is 115 g/mol. The largest absolute Gasteiger partial charge is 0.242 e. The molecule has 1 heteroatoms. The third kappa shape index (κ3) is 1.41. The van der Waals surface area contributed by atoms with Crippen molar-refractivity contribution in [2.75, 3.05) is 0 Å². The van der Waals surface area contributed by atoms with Crippen molar-refractivity contribution in [2.45, 2.75) is 20.0 Å². The summed E-state index contributed by atoms with van der Waals surface area (Å²) in [5, 5.41) is 0. The van der Waals surface area contributed by atoms with Gasteiger partial charge in [-0.05, 0) is 13.0 Å². The maximum Gasteiger partial charge on any atom is 0.125 e. The Kier molecular flexibility index (Phi) is 1.70. The Labute approximate surface area is 55.1 Å². The number of hydrogen-bond acceptors (Lipinski definition) is 0. The molecule has 0 N–H and O–H groups in total. The van der Waals surface area contributed by atoms with Gasteiger partial charge in [-0.1, -0.05) is 24.6 Å². The second-order valence-corrected chi connectivity index (χ2v) is 2.57. The molecular formula is C8H11F. The molecule has 0 amide bonds. The van der Waals surface area contributed by atoms with Crippen LogP contribution in [0.1, 0.15) is 13.8 Å². The molecule has 0 aliphatic heterocycles. The van der Waals surface area contributed by atoms with E-state index < -0.39 is 6.17 Å². The Morgan fingerprint density at radius 2 is 2.22 bits per heavy atom. The van der Waals surface area contributed by atoms with Gasteiger partial charge in [-0.25, -0.2) is 4.39 Å². The molecule has 0 radical (unpaired) electrons. The lowest BCUT2D eigenvalue weighted by molar-refractivity contribution is 0.333. The highest BCUT2D eigenvalue weighted by molar-refractivity contribution is 5.23. The van der Waals surface area contributed by atoms with Gasteiger partial charge in [-0.3, -0.25) is 0 Å². The van der Waals surface area contributed by atoms with Crippen LogP contribution in [0, 0.1) is 5.92 Å². The lowest BCUT2D eigenvalue weighted by atomic mass is 9.97. The van der Waals surface area contributed by atoms with Crippen LogP contribution in [-0.2, 0) is 0 Å². The predicted octanol–water partition coefficient (Wildman–Crippen LogP) is 2.48. The van der Waals surface area contributed by atoms with Crippen molar-refractivity contribution < 1.29 is 4.39 Å². The van der Waals surface area contributed by atoms with E-state index in [1.807, 2.05) is 26.0 Å². The zero-order chi connectivity index (χ0) is 6.85. The molecule has 0 bridgehead atoms. The summed E-state index contributed by atoms with van der Waals surface area (Å²) in [7, 11) is 0. The van der Waals surface area contributed by atoms with E-state index in [2.05, 4.69) is 0 Å². The molecule has 2 atom stereocenters. The maximum absolute atomic E-state index is 12.6. The molecule has 1 aliphatic rings. The lowest BCUT2D eigenvalue weighted by Gasteiger charge is -2.13. The van der Waals surface area contributed by atoms with E-state index in [0.717, 1.165) is 5.57 Å². The molecule has 0 saturated heterocycles. The van der Waals surface area contributed by atoms with Gasteiger partial charge in [0.1, 0.15) is 6.17 Å². The standard InChI is InChI=1S/C8H11F/c1-6-3-4-8(9)7(2)5-6/h3-5,7-8H,1-2H3/t7-,8?/m0/s1. The summed E-state index contributed by atoms with van der Waals surface area (Å²) >= 11 is 0. The van der Waals surface area contributed by atoms with Crippen LogP contribution < -0.4 is 0 Å². The highest BCUT2D eigenvalue weighted by atomic mass is 19.1. The minimum atomic E-state index is -0.770.